The van der Waals surface area contributed by atoms with Crippen molar-refractivity contribution in [1.82, 2.24) is 9.97 Å². The maximum absolute atomic E-state index is 10.9. The quantitative estimate of drug-likeness (QED) is 0.861. The van der Waals surface area contributed by atoms with Gasteiger partial charge in [0.2, 0.25) is 0 Å². The van der Waals surface area contributed by atoms with E-state index in [-0.39, 0.29) is 6.04 Å². The van der Waals surface area contributed by atoms with Crippen LogP contribution in [0.4, 0.5) is 5.82 Å². The number of aromatic nitrogens is 2. The van der Waals surface area contributed by atoms with Crippen molar-refractivity contribution < 1.29 is 4.21 Å². The van der Waals surface area contributed by atoms with Gasteiger partial charge in [0.05, 0.1) is 0 Å². The second-order valence-electron chi connectivity index (χ2n) is 3.31. The molecule has 0 aliphatic heterocycles. The monoisotopic (exact) mass is 247 g/mol. The number of nitrogens with zero attached hydrogens (tertiary/aromatic N) is 2. The smallest absolute Gasteiger partial charge is 0.171 e. The minimum atomic E-state index is -0.759. The molecule has 1 heterocycles. The molecule has 1 N–H and O–H groups in total. The molecule has 84 valence electrons. The second-order valence-corrected chi connectivity index (χ2v) is 5.22. The predicted molar refractivity (Wildman–Crippen MR) is 63.7 cm³/mol. The van der Waals surface area contributed by atoms with Gasteiger partial charge in [-0.15, -0.1) is 0 Å². The second kappa shape index (κ2) is 6.02. The molecule has 0 bridgehead atoms. The van der Waals surface area contributed by atoms with Gasteiger partial charge in [-0.3, -0.25) is 4.21 Å². The van der Waals surface area contributed by atoms with Crippen molar-refractivity contribution >= 4 is 28.2 Å². The number of rotatable bonds is 5. The lowest BCUT2D eigenvalue weighted by atomic mass is 10.2. The lowest BCUT2D eigenvalue weighted by molar-refractivity contribution is 0.678. The van der Waals surface area contributed by atoms with Gasteiger partial charge in [-0.25, -0.2) is 9.97 Å². The van der Waals surface area contributed by atoms with Crippen LogP contribution in [0.15, 0.2) is 12.4 Å². The van der Waals surface area contributed by atoms with E-state index in [0.29, 0.717) is 16.7 Å². The number of halogens is 1. The van der Waals surface area contributed by atoms with Crippen LogP contribution in [0.5, 0.6) is 0 Å². The molecular formula is C9H14ClN3OS. The summed E-state index contributed by atoms with van der Waals surface area (Å²) >= 11 is 5.83. The maximum Gasteiger partial charge on any atom is 0.171 e. The van der Waals surface area contributed by atoms with Gasteiger partial charge in [-0.05, 0) is 13.3 Å². The normalized spacial score (nSPS) is 14.6. The first-order chi connectivity index (χ1) is 7.09. The summed E-state index contributed by atoms with van der Waals surface area (Å²) in [7, 11) is -0.759. The number of hydrogen-bond acceptors (Lipinski definition) is 4. The van der Waals surface area contributed by atoms with Crippen LogP contribution in [0.25, 0.3) is 0 Å². The SMILES string of the molecule is CC(CCS(C)=O)Nc1nccnc1Cl. The molecule has 0 aliphatic carbocycles. The molecule has 4 nitrogen and oxygen atoms in total. The van der Waals surface area contributed by atoms with Crippen molar-refractivity contribution in [2.75, 3.05) is 17.3 Å². The first-order valence-corrected chi connectivity index (χ1v) is 6.73. The van der Waals surface area contributed by atoms with E-state index in [9.17, 15) is 4.21 Å². The van der Waals surface area contributed by atoms with Gasteiger partial charge in [0, 0.05) is 41.2 Å². The van der Waals surface area contributed by atoms with Crippen LogP contribution >= 0.6 is 11.6 Å². The van der Waals surface area contributed by atoms with Gasteiger partial charge in [-0.2, -0.15) is 0 Å². The molecule has 0 aromatic carbocycles. The fourth-order valence-electron chi connectivity index (χ4n) is 1.07. The highest BCUT2D eigenvalue weighted by Gasteiger charge is 2.07. The summed E-state index contributed by atoms with van der Waals surface area (Å²) < 4.78 is 10.9. The molecule has 1 aromatic rings. The Balaban J connectivity index is 2.47. The van der Waals surface area contributed by atoms with E-state index in [1.54, 1.807) is 18.6 Å². The van der Waals surface area contributed by atoms with E-state index in [1.165, 1.54) is 0 Å². The van der Waals surface area contributed by atoms with E-state index in [1.807, 2.05) is 6.92 Å². The van der Waals surface area contributed by atoms with Crippen molar-refractivity contribution in [1.29, 1.82) is 0 Å². The lowest BCUT2D eigenvalue weighted by Gasteiger charge is -2.13. The standard InChI is InChI=1S/C9H14ClN3OS/c1-7(3-6-15(2)14)13-9-8(10)11-4-5-12-9/h4-5,7H,3,6H2,1-2H3,(H,12,13). The third-order valence-corrected chi connectivity index (χ3v) is 2.96. The Morgan fingerprint density at radius 1 is 1.53 bits per heavy atom. The molecule has 2 atom stereocenters. The van der Waals surface area contributed by atoms with E-state index in [2.05, 4.69) is 15.3 Å². The zero-order valence-corrected chi connectivity index (χ0v) is 10.3. The lowest BCUT2D eigenvalue weighted by Crippen LogP contribution is -2.19. The molecular weight excluding hydrogens is 234 g/mol. The van der Waals surface area contributed by atoms with Crippen molar-refractivity contribution in [2.45, 2.75) is 19.4 Å². The van der Waals surface area contributed by atoms with E-state index >= 15 is 0 Å². The number of nitrogens with one attached hydrogen (secondary N) is 1. The summed E-state index contributed by atoms with van der Waals surface area (Å²) in [6, 6.07) is 0.183. The van der Waals surface area contributed by atoms with Gasteiger partial charge in [-0.1, -0.05) is 11.6 Å². The van der Waals surface area contributed by atoms with Crippen molar-refractivity contribution in [3.05, 3.63) is 17.5 Å². The van der Waals surface area contributed by atoms with Gasteiger partial charge in [0.25, 0.3) is 0 Å². The van der Waals surface area contributed by atoms with Crippen LogP contribution in [-0.2, 0) is 10.8 Å². The Kier molecular flexibility index (Phi) is 4.98. The molecule has 0 saturated carbocycles. The van der Waals surface area contributed by atoms with E-state index in [4.69, 9.17) is 11.6 Å². The summed E-state index contributed by atoms with van der Waals surface area (Å²) in [6.45, 7) is 2.00. The molecule has 0 spiro atoms. The van der Waals surface area contributed by atoms with Crippen molar-refractivity contribution in [3.63, 3.8) is 0 Å². The third-order valence-electron chi connectivity index (χ3n) is 1.88. The number of hydrogen-bond donors (Lipinski definition) is 1. The zero-order valence-electron chi connectivity index (χ0n) is 8.74. The molecule has 0 fully saturated rings. The van der Waals surface area contributed by atoms with Gasteiger partial charge < -0.3 is 5.32 Å². The average molecular weight is 248 g/mol. The first kappa shape index (κ1) is 12.4. The Morgan fingerprint density at radius 2 is 2.20 bits per heavy atom. The Hall–Kier alpha value is -0.680. The van der Waals surface area contributed by atoms with Crippen LogP contribution in [-0.4, -0.2) is 32.2 Å². The summed E-state index contributed by atoms with van der Waals surface area (Å²) in [5.41, 5.74) is 0. The first-order valence-electron chi connectivity index (χ1n) is 4.62. The largest absolute Gasteiger partial charge is 0.365 e. The Morgan fingerprint density at radius 3 is 2.80 bits per heavy atom. The van der Waals surface area contributed by atoms with Crippen molar-refractivity contribution in [3.8, 4) is 0 Å². The molecule has 0 saturated heterocycles. The van der Waals surface area contributed by atoms with Gasteiger partial charge >= 0.3 is 0 Å². The molecule has 15 heavy (non-hydrogen) atoms. The van der Waals surface area contributed by atoms with Crippen LogP contribution < -0.4 is 5.32 Å². The topological polar surface area (TPSA) is 54.9 Å². The summed E-state index contributed by atoms with van der Waals surface area (Å²) in [5.74, 6) is 1.25. The van der Waals surface area contributed by atoms with Crippen LogP contribution in [0.3, 0.4) is 0 Å². The highest BCUT2D eigenvalue weighted by atomic mass is 35.5. The average Bonchev–Trinajstić information content (AvgIpc) is 2.18. The molecule has 1 aromatic heterocycles. The fourth-order valence-corrected chi connectivity index (χ4v) is 1.91. The molecule has 1 rings (SSSR count). The molecule has 2 unspecified atom stereocenters. The minimum Gasteiger partial charge on any atom is -0.365 e. The molecule has 0 amide bonds. The summed E-state index contributed by atoms with van der Waals surface area (Å²) in [6.07, 6.45) is 5.64. The molecule has 0 radical (unpaired) electrons. The Bertz CT molecular complexity index is 348. The number of anilines is 1. The van der Waals surface area contributed by atoms with Crippen LogP contribution in [0, 0.1) is 0 Å². The highest BCUT2D eigenvalue weighted by Crippen LogP contribution is 2.15. The fraction of sp³-hybridized carbons (Fsp3) is 0.556. The zero-order chi connectivity index (χ0) is 11.3. The van der Waals surface area contributed by atoms with Crippen molar-refractivity contribution in [2.24, 2.45) is 0 Å². The van der Waals surface area contributed by atoms with E-state index in [0.717, 1.165) is 6.42 Å². The van der Waals surface area contributed by atoms with Crippen LogP contribution in [0.1, 0.15) is 13.3 Å². The summed E-state index contributed by atoms with van der Waals surface area (Å²) in [5, 5.41) is 3.49. The third kappa shape index (κ3) is 4.57. The summed E-state index contributed by atoms with van der Waals surface area (Å²) in [4.78, 5) is 7.97. The molecule has 0 aliphatic rings. The van der Waals surface area contributed by atoms with Crippen LogP contribution in [0.2, 0.25) is 5.15 Å². The van der Waals surface area contributed by atoms with E-state index < -0.39 is 10.8 Å². The minimum absolute atomic E-state index is 0.183. The Labute approximate surface area is 96.9 Å². The van der Waals surface area contributed by atoms with Gasteiger partial charge in [0.1, 0.15) is 0 Å². The predicted octanol–water partition coefficient (Wildman–Crippen LogP) is 1.70. The molecule has 6 heteroatoms. The highest BCUT2D eigenvalue weighted by molar-refractivity contribution is 7.84. The maximum atomic E-state index is 10.9. The van der Waals surface area contributed by atoms with Gasteiger partial charge in [0.15, 0.2) is 11.0 Å².